The van der Waals surface area contributed by atoms with E-state index in [1.165, 1.54) is 6.21 Å². The molecule has 0 aromatic heterocycles. The van der Waals surface area contributed by atoms with Crippen molar-refractivity contribution in [2.75, 3.05) is 6.61 Å². The lowest BCUT2D eigenvalue weighted by molar-refractivity contribution is -0.123. The number of amides is 1. The third-order valence-corrected chi connectivity index (χ3v) is 4.78. The Hall–Kier alpha value is -1.36. The van der Waals surface area contributed by atoms with Gasteiger partial charge in [0.2, 0.25) is 0 Å². The van der Waals surface area contributed by atoms with Gasteiger partial charge in [-0.2, -0.15) is 5.10 Å². The van der Waals surface area contributed by atoms with Gasteiger partial charge in [0, 0.05) is 0 Å². The van der Waals surface area contributed by atoms with Gasteiger partial charge in [-0.1, -0.05) is 17.7 Å². The number of nitrogens with one attached hydrogen (secondary N) is 1. The van der Waals surface area contributed by atoms with Gasteiger partial charge in [0.1, 0.15) is 11.5 Å². The Morgan fingerprint density at radius 2 is 1.92 bits per heavy atom. The van der Waals surface area contributed by atoms with Gasteiger partial charge >= 0.3 is 0 Å². The number of phenols is 1. The number of halogens is 2. The normalized spacial score (nSPS) is 10.8. The van der Waals surface area contributed by atoms with Crippen molar-refractivity contribution < 1.29 is 14.6 Å². The predicted molar refractivity (Wildman–Crippen MR) is 111 cm³/mol. The van der Waals surface area contributed by atoms with Crippen molar-refractivity contribution in [2.24, 2.45) is 5.10 Å². The van der Waals surface area contributed by atoms with Crippen LogP contribution in [0.2, 0.25) is 0 Å². The van der Waals surface area contributed by atoms with E-state index in [9.17, 15) is 9.90 Å². The molecule has 0 aliphatic carbocycles. The molecule has 0 fully saturated rings. The first-order valence-electron chi connectivity index (χ1n) is 7.07. The summed E-state index contributed by atoms with van der Waals surface area (Å²) in [4.78, 5) is 11.8. The molecule has 0 spiro atoms. The van der Waals surface area contributed by atoms with Crippen molar-refractivity contribution >= 4 is 57.3 Å². The van der Waals surface area contributed by atoms with E-state index in [0.29, 0.717) is 5.75 Å². The van der Waals surface area contributed by atoms with E-state index >= 15 is 0 Å². The first-order valence-corrected chi connectivity index (χ1v) is 9.22. The Morgan fingerprint density at radius 3 is 2.54 bits per heavy atom. The molecular formula is C17H16I2N2O3. The third kappa shape index (κ3) is 5.33. The molecule has 5 nitrogen and oxygen atoms in total. The number of aryl methyl sites for hydroxylation is 2. The number of carbonyl (C=O) groups is 1. The highest BCUT2D eigenvalue weighted by molar-refractivity contribution is 14.1. The van der Waals surface area contributed by atoms with Crippen molar-refractivity contribution in [3.63, 3.8) is 0 Å². The molecule has 2 aromatic rings. The second-order valence-electron chi connectivity index (χ2n) is 5.18. The Bertz CT molecular complexity index is 768. The molecule has 2 aromatic carbocycles. The Kier molecular flexibility index (Phi) is 6.84. The summed E-state index contributed by atoms with van der Waals surface area (Å²) >= 11 is 4.08. The number of hydrogen-bond acceptors (Lipinski definition) is 4. The van der Waals surface area contributed by atoms with E-state index in [1.54, 1.807) is 12.1 Å². The molecule has 0 aliphatic rings. The van der Waals surface area contributed by atoms with E-state index in [1.807, 2.05) is 77.2 Å². The van der Waals surface area contributed by atoms with Crippen molar-refractivity contribution in [3.8, 4) is 11.5 Å². The molecule has 126 valence electrons. The van der Waals surface area contributed by atoms with Gasteiger partial charge in [0.25, 0.3) is 5.91 Å². The van der Waals surface area contributed by atoms with Crippen LogP contribution in [0.5, 0.6) is 11.5 Å². The van der Waals surface area contributed by atoms with E-state index in [2.05, 4.69) is 10.5 Å². The number of benzene rings is 2. The molecule has 0 atom stereocenters. The van der Waals surface area contributed by atoms with Gasteiger partial charge in [-0.15, -0.1) is 0 Å². The minimum Gasteiger partial charge on any atom is -0.506 e. The molecule has 0 saturated carbocycles. The average molecular weight is 550 g/mol. The standard InChI is InChI=1S/C17H16I2N2O3/c1-10-3-4-15(11(2)5-10)24-9-16(22)21-20-8-12-6-13(18)17(23)14(19)7-12/h3-8,23H,9H2,1-2H3,(H,21,22)/b20-8+. The Labute approximate surface area is 167 Å². The van der Waals surface area contributed by atoms with Gasteiger partial charge in [-0.3, -0.25) is 4.79 Å². The quantitative estimate of drug-likeness (QED) is 0.339. The summed E-state index contributed by atoms with van der Waals surface area (Å²) in [7, 11) is 0. The lowest BCUT2D eigenvalue weighted by Crippen LogP contribution is -2.24. The number of phenolic OH excluding ortho intramolecular Hbond substituents is 1. The number of hydrogen-bond donors (Lipinski definition) is 2. The molecule has 0 heterocycles. The van der Waals surface area contributed by atoms with Crippen LogP contribution in [0, 0.1) is 21.0 Å². The number of hydrazone groups is 1. The summed E-state index contributed by atoms with van der Waals surface area (Å²) in [6.45, 7) is 3.84. The number of nitrogens with zero attached hydrogens (tertiary/aromatic N) is 1. The lowest BCUT2D eigenvalue weighted by atomic mass is 10.1. The fourth-order valence-corrected chi connectivity index (χ4v) is 3.79. The topological polar surface area (TPSA) is 70.9 Å². The maximum absolute atomic E-state index is 11.8. The fraction of sp³-hybridized carbons (Fsp3) is 0.176. The Balaban J connectivity index is 1.89. The van der Waals surface area contributed by atoms with E-state index in [4.69, 9.17) is 4.74 Å². The van der Waals surface area contributed by atoms with E-state index in [-0.39, 0.29) is 18.3 Å². The molecular weight excluding hydrogens is 534 g/mol. The highest BCUT2D eigenvalue weighted by Gasteiger charge is 2.06. The van der Waals surface area contributed by atoms with Gasteiger partial charge in [-0.05, 0) is 88.4 Å². The molecule has 24 heavy (non-hydrogen) atoms. The van der Waals surface area contributed by atoms with Crippen LogP contribution in [0.1, 0.15) is 16.7 Å². The van der Waals surface area contributed by atoms with Crippen molar-refractivity contribution in [1.29, 1.82) is 0 Å². The molecule has 2 N–H and O–H groups in total. The van der Waals surface area contributed by atoms with Crippen molar-refractivity contribution in [3.05, 3.63) is 54.2 Å². The lowest BCUT2D eigenvalue weighted by Gasteiger charge is -2.08. The Morgan fingerprint density at radius 1 is 1.25 bits per heavy atom. The maximum atomic E-state index is 11.8. The molecule has 7 heteroatoms. The molecule has 0 bridgehead atoms. The van der Waals surface area contributed by atoms with Gasteiger partial charge in [-0.25, -0.2) is 5.43 Å². The summed E-state index contributed by atoms with van der Waals surface area (Å²) in [6.07, 6.45) is 1.53. The van der Waals surface area contributed by atoms with E-state index < -0.39 is 0 Å². The molecule has 0 saturated heterocycles. The average Bonchev–Trinajstić information content (AvgIpc) is 2.51. The number of rotatable bonds is 5. The molecule has 0 aliphatic heterocycles. The summed E-state index contributed by atoms with van der Waals surface area (Å²) in [6, 6.07) is 9.34. The predicted octanol–water partition coefficient (Wildman–Crippen LogP) is 3.75. The molecule has 2 rings (SSSR count). The van der Waals surface area contributed by atoms with Gasteiger partial charge in [0.05, 0.1) is 13.4 Å². The monoisotopic (exact) mass is 550 g/mol. The molecule has 0 unspecified atom stereocenters. The van der Waals surface area contributed by atoms with Crippen LogP contribution in [0.3, 0.4) is 0 Å². The van der Waals surface area contributed by atoms with Crippen molar-refractivity contribution in [2.45, 2.75) is 13.8 Å². The van der Waals surface area contributed by atoms with Crippen LogP contribution in [0.4, 0.5) is 0 Å². The van der Waals surface area contributed by atoms with Crippen LogP contribution in [-0.2, 0) is 4.79 Å². The largest absolute Gasteiger partial charge is 0.506 e. The first-order chi connectivity index (χ1) is 11.4. The smallest absolute Gasteiger partial charge is 0.277 e. The highest BCUT2D eigenvalue weighted by Crippen LogP contribution is 2.26. The van der Waals surface area contributed by atoms with Crippen molar-refractivity contribution in [1.82, 2.24) is 5.43 Å². The SMILES string of the molecule is Cc1ccc(OCC(=O)N/N=C/c2cc(I)c(O)c(I)c2)c(C)c1. The summed E-state index contributed by atoms with van der Waals surface area (Å²) in [5.41, 5.74) is 5.34. The van der Waals surface area contributed by atoms with Crippen LogP contribution < -0.4 is 10.2 Å². The number of ether oxygens (including phenoxy) is 1. The van der Waals surface area contributed by atoms with E-state index in [0.717, 1.165) is 23.8 Å². The number of aromatic hydroxyl groups is 1. The third-order valence-electron chi connectivity index (χ3n) is 3.13. The van der Waals surface area contributed by atoms with Gasteiger partial charge < -0.3 is 9.84 Å². The van der Waals surface area contributed by atoms with Gasteiger partial charge in [0.15, 0.2) is 6.61 Å². The zero-order valence-electron chi connectivity index (χ0n) is 13.1. The van der Waals surface area contributed by atoms with Crippen LogP contribution in [-0.4, -0.2) is 23.8 Å². The minimum atomic E-state index is -0.339. The summed E-state index contributed by atoms with van der Waals surface area (Å²) in [5.74, 6) is 0.594. The summed E-state index contributed by atoms with van der Waals surface area (Å²) < 4.78 is 6.94. The molecule has 1 amide bonds. The van der Waals surface area contributed by atoms with Crippen LogP contribution >= 0.6 is 45.2 Å². The van der Waals surface area contributed by atoms with Crippen LogP contribution in [0.15, 0.2) is 35.4 Å². The number of carbonyl (C=O) groups excluding carboxylic acids is 1. The zero-order chi connectivity index (χ0) is 17.7. The highest BCUT2D eigenvalue weighted by atomic mass is 127. The minimum absolute atomic E-state index is 0.105. The second kappa shape index (κ2) is 8.65. The zero-order valence-corrected chi connectivity index (χ0v) is 17.5. The fourth-order valence-electron chi connectivity index (χ4n) is 1.98. The second-order valence-corrected chi connectivity index (χ2v) is 7.51. The maximum Gasteiger partial charge on any atom is 0.277 e. The summed E-state index contributed by atoms with van der Waals surface area (Å²) in [5, 5.41) is 13.6. The van der Waals surface area contributed by atoms with Crippen LogP contribution in [0.25, 0.3) is 0 Å². The molecule has 0 radical (unpaired) electrons. The first kappa shape index (κ1) is 19.0.